The number of carbonyl (C=O) groups excluding carboxylic acids is 2. The highest BCUT2D eigenvalue weighted by atomic mass is 16.5. The Morgan fingerprint density at radius 3 is 2.36 bits per heavy atom. The largest absolute Gasteiger partial charge is 0.489 e. The van der Waals surface area contributed by atoms with E-state index in [-0.39, 0.29) is 11.3 Å². The molecule has 0 saturated carbocycles. The Morgan fingerprint density at radius 2 is 1.61 bits per heavy atom. The molecule has 2 amide bonds. The van der Waals surface area contributed by atoms with Crippen molar-refractivity contribution in [2.75, 3.05) is 5.32 Å². The molecule has 1 aromatic heterocycles. The number of hydrogen-bond acceptors (Lipinski definition) is 5. The van der Waals surface area contributed by atoms with Gasteiger partial charge in [-0.15, -0.1) is 0 Å². The normalized spacial score (nSPS) is 10.7. The molecular formula is C26H21N3O4. The van der Waals surface area contributed by atoms with Gasteiger partial charge < -0.3 is 14.5 Å². The third kappa shape index (κ3) is 5.95. The van der Waals surface area contributed by atoms with Crippen LogP contribution in [-0.2, 0) is 6.61 Å². The lowest BCUT2D eigenvalue weighted by Crippen LogP contribution is -2.21. The molecular weight excluding hydrogens is 418 g/mol. The Balaban J connectivity index is 1.33. The summed E-state index contributed by atoms with van der Waals surface area (Å²) in [7, 11) is 0. The second-order valence-electron chi connectivity index (χ2n) is 7.02. The molecule has 33 heavy (non-hydrogen) atoms. The minimum atomic E-state index is -0.454. The number of hydrogen-bond donors (Lipinski definition) is 2. The average molecular weight is 439 g/mol. The lowest BCUT2D eigenvalue weighted by atomic mass is 10.1. The van der Waals surface area contributed by atoms with Crippen LogP contribution in [0.1, 0.15) is 32.0 Å². The maximum Gasteiger partial charge on any atom is 0.291 e. The summed E-state index contributed by atoms with van der Waals surface area (Å²) in [6.07, 6.45) is 2.94. The van der Waals surface area contributed by atoms with Crippen molar-refractivity contribution in [2.45, 2.75) is 6.61 Å². The van der Waals surface area contributed by atoms with Crippen molar-refractivity contribution in [2.24, 2.45) is 5.10 Å². The van der Waals surface area contributed by atoms with Gasteiger partial charge in [0.05, 0.1) is 23.7 Å². The summed E-state index contributed by atoms with van der Waals surface area (Å²) in [5.74, 6) is -0.0107. The van der Waals surface area contributed by atoms with Crippen molar-refractivity contribution < 1.29 is 18.7 Å². The summed E-state index contributed by atoms with van der Waals surface area (Å²) in [5, 5.41) is 6.69. The third-order valence-electron chi connectivity index (χ3n) is 4.67. The number of para-hydroxylation sites is 1. The van der Waals surface area contributed by atoms with Crippen molar-refractivity contribution >= 4 is 23.7 Å². The van der Waals surface area contributed by atoms with E-state index in [0.29, 0.717) is 12.3 Å². The van der Waals surface area contributed by atoms with Crippen molar-refractivity contribution in [3.8, 4) is 5.75 Å². The molecule has 4 rings (SSSR count). The van der Waals surface area contributed by atoms with Gasteiger partial charge in [-0.2, -0.15) is 5.10 Å². The van der Waals surface area contributed by atoms with Gasteiger partial charge in [0.25, 0.3) is 11.8 Å². The zero-order valence-corrected chi connectivity index (χ0v) is 17.6. The SMILES string of the molecule is O=C(Nc1ccccc1C(=O)N/N=C\c1ccc(OCc2ccccc2)cc1)c1ccco1. The number of nitrogens with one attached hydrogen (secondary N) is 2. The first kappa shape index (κ1) is 21.6. The Morgan fingerprint density at radius 1 is 0.848 bits per heavy atom. The van der Waals surface area contributed by atoms with Gasteiger partial charge in [0.1, 0.15) is 12.4 Å². The Labute approximate surface area is 190 Å². The highest BCUT2D eigenvalue weighted by Gasteiger charge is 2.15. The molecule has 0 aliphatic rings. The van der Waals surface area contributed by atoms with Crippen LogP contribution in [0.4, 0.5) is 5.69 Å². The van der Waals surface area contributed by atoms with Crippen molar-refractivity contribution in [1.29, 1.82) is 0 Å². The van der Waals surface area contributed by atoms with Gasteiger partial charge in [-0.25, -0.2) is 5.43 Å². The Bertz CT molecular complexity index is 1230. The van der Waals surface area contributed by atoms with Crippen molar-refractivity contribution in [1.82, 2.24) is 5.43 Å². The van der Waals surface area contributed by atoms with Crippen LogP contribution in [0.5, 0.6) is 5.75 Å². The lowest BCUT2D eigenvalue weighted by Gasteiger charge is -2.09. The van der Waals surface area contributed by atoms with E-state index in [0.717, 1.165) is 16.9 Å². The average Bonchev–Trinajstić information content (AvgIpc) is 3.40. The number of rotatable bonds is 8. The van der Waals surface area contributed by atoms with E-state index in [1.165, 1.54) is 12.5 Å². The lowest BCUT2D eigenvalue weighted by molar-refractivity contribution is 0.0956. The molecule has 0 spiro atoms. The minimum Gasteiger partial charge on any atom is -0.489 e. The van der Waals surface area contributed by atoms with E-state index in [9.17, 15) is 9.59 Å². The molecule has 3 aromatic carbocycles. The molecule has 0 atom stereocenters. The number of carbonyl (C=O) groups is 2. The number of ether oxygens (including phenoxy) is 1. The molecule has 164 valence electrons. The topological polar surface area (TPSA) is 92.9 Å². The van der Waals surface area contributed by atoms with Crippen molar-refractivity contribution in [3.05, 3.63) is 120 Å². The van der Waals surface area contributed by atoms with Gasteiger partial charge in [0, 0.05) is 0 Å². The second kappa shape index (κ2) is 10.6. The number of hydrazone groups is 1. The maximum absolute atomic E-state index is 12.6. The van der Waals surface area contributed by atoms with Crippen LogP contribution in [-0.4, -0.2) is 18.0 Å². The van der Waals surface area contributed by atoms with Crippen molar-refractivity contribution in [3.63, 3.8) is 0 Å². The number of anilines is 1. The summed E-state index contributed by atoms with van der Waals surface area (Å²) < 4.78 is 10.8. The van der Waals surface area contributed by atoms with Gasteiger partial charge in [0.15, 0.2) is 5.76 Å². The molecule has 4 aromatic rings. The molecule has 0 aliphatic carbocycles. The number of amides is 2. The highest BCUT2D eigenvalue weighted by molar-refractivity contribution is 6.07. The smallest absolute Gasteiger partial charge is 0.291 e. The van der Waals surface area contributed by atoms with E-state index < -0.39 is 11.8 Å². The Hall–Kier alpha value is -4.65. The van der Waals surface area contributed by atoms with Crippen LogP contribution in [0, 0.1) is 0 Å². The van der Waals surface area contributed by atoms with Gasteiger partial charge >= 0.3 is 0 Å². The molecule has 7 nitrogen and oxygen atoms in total. The second-order valence-corrected chi connectivity index (χ2v) is 7.02. The monoisotopic (exact) mass is 439 g/mol. The molecule has 0 unspecified atom stereocenters. The summed E-state index contributed by atoms with van der Waals surface area (Å²) in [5.41, 5.74) is 4.99. The van der Waals surface area contributed by atoms with Gasteiger partial charge in [-0.05, 0) is 59.7 Å². The summed E-state index contributed by atoms with van der Waals surface area (Å²) in [4.78, 5) is 24.8. The molecule has 2 N–H and O–H groups in total. The highest BCUT2D eigenvalue weighted by Crippen LogP contribution is 2.17. The number of benzene rings is 3. The van der Waals surface area contributed by atoms with Gasteiger partial charge in [0.2, 0.25) is 0 Å². The summed E-state index contributed by atoms with van der Waals surface area (Å²) >= 11 is 0. The number of furan rings is 1. The first-order chi connectivity index (χ1) is 16.2. The predicted octanol–water partition coefficient (Wildman–Crippen LogP) is 4.87. The van der Waals surface area contributed by atoms with Crippen LogP contribution >= 0.6 is 0 Å². The molecule has 0 fully saturated rings. The van der Waals surface area contributed by atoms with Crippen LogP contribution in [0.25, 0.3) is 0 Å². The quantitative estimate of drug-likeness (QED) is 0.302. The van der Waals surface area contributed by atoms with Crippen LogP contribution in [0.3, 0.4) is 0 Å². The van der Waals surface area contributed by atoms with Gasteiger partial charge in [-0.3, -0.25) is 9.59 Å². The molecule has 0 aliphatic heterocycles. The van der Waals surface area contributed by atoms with E-state index in [2.05, 4.69) is 15.8 Å². The van der Waals surface area contributed by atoms with E-state index in [1.54, 1.807) is 36.4 Å². The van der Waals surface area contributed by atoms with E-state index in [1.807, 2.05) is 54.6 Å². The van der Waals surface area contributed by atoms with E-state index in [4.69, 9.17) is 9.15 Å². The standard InChI is InChI=1S/C26H21N3O4/c30-25(22-9-4-5-10-23(22)28-26(31)24-11-6-16-32-24)29-27-17-19-12-14-21(15-13-19)33-18-20-7-2-1-3-8-20/h1-17H,18H2,(H,28,31)(H,29,30)/b27-17-. The Kier molecular flexibility index (Phi) is 6.92. The summed E-state index contributed by atoms with van der Waals surface area (Å²) in [6, 6.07) is 27.1. The molecule has 0 bridgehead atoms. The molecule has 0 saturated heterocycles. The van der Waals surface area contributed by atoms with Gasteiger partial charge in [-0.1, -0.05) is 42.5 Å². The molecule has 0 radical (unpaired) electrons. The van der Waals surface area contributed by atoms with E-state index >= 15 is 0 Å². The molecule has 1 heterocycles. The van der Waals surface area contributed by atoms with Crippen LogP contribution < -0.4 is 15.5 Å². The van der Waals surface area contributed by atoms with Crippen LogP contribution in [0.15, 0.2) is 107 Å². The first-order valence-electron chi connectivity index (χ1n) is 10.2. The molecule has 7 heteroatoms. The van der Waals surface area contributed by atoms with Crippen LogP contribution in [0.2, 0.25) is 0 Å². The zero-order valence-electron chi connectivity index (χ0n) is 17.6. The fourth-order valence-corrected chi connectivity index (χ4v) is 3.00. The fraction of sp³-hybridized carbons (Fsp3) is 0.0385. The summed E-state index contributed by atoms with van der Waals surface area (Å²) in [6.45, 7) is 0.486. The predicted molar refractivity (Wildman–Crippen MR) is 125 cm³/mol. The first-order valence-corrected chi connectivity index (χ1v) is 10.2. The minimum absolute atomic E-state index is 0.152. The maximum atomic E-state index is 12.6. The third-order valence-corrected chi connectivity index (χ3v) is 4.67. The fourth-order valence-electron chi connectivity index (χ4n) is 3.00. The zero-order chi connectivity index (χ0) is 22.9. The number of nitrogens with zero attached hydrogens (tertiary/aromatic N) is 1.